The second-order valence-corrected chi connectivity index (χ2v) is 6.43. The topological polar surface area (TPSA) is 45.8 Å². The van der Waals surface area contributed by atoms with Gasteiger partial charge in [-0.05, 0) is 53.3 Å². The van der Waals surface area contributed by atoms with Crippen molar-refractivity contribution in [3.8, 4) is 0 Å². The summed E-state index contributed by atoms with van der Waals surface area (Å²) in [6.45, 7) is 2.00. The zero-order valence-corrected chi connectivity index (χ0v) is 14.0. The fraction of sp³-hybridized carbons (Fsp3) is 0.231. The van der Waals surface area contributed by atoms with Crippen LogP contribution in [0.25, 0.3) is 0 Å². The van der Waals surface area contributed by atoms with Crippen LogP contribution in [0, 0.1) is 3.57 Å². The fourth-order valence-corrected chi connectivity index (χ4v) is 3.07. The molecule has 0 aliphatic rings. The maximum absolute atomic E-state index is 11.7. The minimum absolute atomic E-state index is 0.0563. The molecule has 0 aliphatic heterocycles. The van der Waals surface area contributed by atoms with Crippen molar-refractivity contribution in [2.24, 2.45) is 0 Å². The van der Waals surface area contributed by atoms with Crippen molar-refractivity contribution in [3.05, 3.63) is 54.7 Å². The summed E-state index contributed by atoms with van der Waals surface area (Å²) in [4.78, 5) is 20.1. The van der Waals surface area contributed by atoms with Gasteiger partial charge in [0.2, 0.25) is 0 Å². The third-order valence-corrected chi connectivity index (χ3v) is 4.89. The predicted molar refractivity (Wildman–Crippen MR) is 88.0 cm³/mol. The quantitative estimate of drug-likeness (QED) is 0.619. The van der Waals surface area contributed by atoms with Crippen LogP contribution < -0.4 is 5.56 Å². The van der Waals surface area contributed by atoms with E-state index in [9.17, 15) is 4.79 Å². The van der Waals surface area contributed by atoms with E-state index in [1.807, 2.05) is 53.8 Å². The Bertz CT molecular complexity index is 628. The van der Waals surface area contributed by atoms with Crippen molar-refractivity contribution >= 4 is 46.0 Å². The van der Waals surface area contributed by atoms with Gasteiger partial charge in [-0.2, -0.15) is 0 Å². The smallest absolute Gasteiger partial charge is 0.264 e. The second kappa shape index (κ2) is 6.76. The van der Waals surface area contributed by atoms with Crippen molar-refractivity contribution in [1.82, 2.24) is 9.97 Å². The first-order valence-corrected chi connectivity index (χ1v) is 8.20. The van der Waals surface area contributed by atoms with E-state index < -0.39 is 0 Å². The van der Waals surface area contributed by atoms with E-state index in [4.69, 9.17) is 11.6 Å². The van der Waals surface area contributed by atoms with Crippen molar-refractivity contribution in [2.75, 3.05) is 0 Å². The average molecular weight is 407 g/mol. The number of aromatic amines is 1. The summed E-state index contributed by atoms with van der Waals surface area (Å²) in [5, 5.41) is 0.721. The van der Waals surface area contributed by atoms with Crippen LogP contribution in [0.4, 0.5) is 0 Å². The molecule has 1 aromatic carbocycles. The van der Waals surface area contributed by atoms with Gasteiger partial charge in [0.25, 0.3) is 5.56 Å². The average Bonchev–Trinajstić information content (AvgIpc) is 2.41. The van der Waals surface area contributed by atoms with Gasteiger partial charge in [0, 0.05) is 9.92 Å². The summed E-state index contributed by atoms with van der Waals surface area (Å²) in [5.74, 6) is 1.35. The summed E-state index contributed by atoms with van der Waals surface area (Å²) in [6, 6.07) is 7.62. The van der Waals surface area contributed by atoms with Crippen molar-refractivity contribution < 1.29 is 0 Å². The van der Waals surface area contributed by atoms with Gasteiger partial charge in [-0.3, -0.25) is 4.79 Å². The fourth-order valence-electron chi connectivity index (χ4n) is 1.54. The zero-order chi connectivity index (χ0) is 13.8. The Kier molecular flexibility index (Phi) is 5.29. The molecule has 1 N–H and O–H groups in total. The standard InChI is InChI=1S/C13H12ClIN2OS/c1-2-10-12(15)13(18)17-11(16-10)7-19-9-5-3-8(14)4-6-9/h3-6H,2,7H2,1H3,(H,16,17,18). The van der Waals surface area contributed by atoms with Crippen LogP contribution in [0.15, 0.2) is 34.0 Å². The Morgan fingerprint density at radius 1 is 1.37 bits per heavy atom. The molecule has 1 aromatic heterocycles. The van der Waals surface area contributed by atoms with Gasteiger partial charge in [-0.25, -0.2) is 4.98 Å². The van der Waals surface area contributed by atoms with Crippen LogP contribution in [0.3, 0.4) is 0 Å². The molecule has 0 amide bonds. The van der Waals surface area contributed by atoms with E-state index in [1.54, 1.807) is 11.8 Å². The molecule has 0 radical (unpaired) electrons. The Hall–Kier alpha value is -0.530. The SMILES string of the molecule is CCc1nc(CSc2ccc(Cl)cc2)[nH]c(=O)c1I. The number of H-pyrrole nitrogens is 1. The van der Waals surface area contributed by atoms with Crippen molar-refractivity contribution in [2.45, 2.75) is 24.0 Å². The molecule has 0 aliphatic carbocycles. The largest absolute Gasteiger partial charge is 0.309 e. The first kappa shape index (κ1) is 14.9. The highest BCUT2D eigenvalue weighted by atomic mass is 127. The number of hydrogen-bond acceptors (Lipinski definition) is 3. The molecule has 0 saturated heterocycles. The molecule has 0 saturated carbocycles. The highest BCUT2D eigenvalue weighted by molar-refractivity contribution is 14.1. The van der Waals surface area contributed by atoms with E-state index in [-0.39, 0.29) is 5.56 Å². The van der Waals surface area contributed by atoms with Gasteiger partial charge in [-0.15, -0.1) is 11.8 Å². The normalized spacial score (nSPS) is 10.7. The number of hydrogen-bond donors (Lipinski definition) is 1. The lowest BCUT2D eigenvalue weighted by Gasteiger charge is -2.05. The van der Waals surface area contributed by atoms with Crippen LogP contribution >= 0.6 is 46.0 Å². The van der Waals surface area contributed by atoms with E-state index >= 15 is 0 Å². The molecule has 2 rings (SSSR count). The summed E-state index contributed by atoms with van der Waals surface area (Å²) < 4.78 is 0.681. The maximum atomic E-state index is 11.7. The number of aryl methyl sites for hydroxylation is 1. The molecular formula is C13H12ClIN2OS. The van der Waals surface area contributed by atoms with E-state index in [0.717, 1.165) is 22.0 Å². The lowest BCUT2D eigenvalue weighted by Crippen LogP contribution is -2.17. The molecule has 6 heteroatoms. The molecule has 3 nitrogen and oxygen atoms in total. The molecule has 0 atom stereocenters. The zero-order valence-electron chi connectivity index (χ0n) is 10.2. The lowest BCUT2D eigenvalue weighted by atomic mass is 10.3. The molecule has 2 aromatic rings. The molecule has 0 unspecified atom stereocenters. The van der Waals surface area contributed by atoms with Crippen LogP contribution in [0.5, 0.6) is 0 Å². The molecule has 100 valence electrons. The van der Waals surface area contributed by atoms with Gasteiger partial charge in [0.1, 0.15) is 5.82 Å². The van der Waals surface area contributed by atoms with Gasteiger partial charge < -0.3 is 4.98 Å². The summed E-state index contributed by atoms with van der Waals surface area (Å²) in [7, 11) is 0. The van der Waals surface area contributed by atoms with Gasteiger partial charge in [0.05, 0.1) is 15.0 Å². The van der Waals surface area contributed by atoms with Crippen LogP contribution in [0.2, 0.25) is 5.02 Å². The number of nitrogens with one attached hydrogen (secondary N) is 1. The maximum Gasteiger partial charge on any atom is 0.264 e. The number of halogens is 2. The Balaban J connectivity index is 2.13. The van der Waals surface area contributed by atoms with Crippen molar-refractivity contribution in [1.29, 1.82) is 0 Å². The van der Waals surface area contributed by atoms with E-state index in [0.29, 0.717) is 15.1 Å². The Labute approximate surface area is 134 Å². The third-order valence-electron chi connectivity index (χ3n) is 2.50. The number of benzene rings is 1. The Morgan fingerprint density at radius 3 is 2.68 bits per heavy atom. The number of nitrogens with zero attached hydrogens (tertiary/aromatic N) is 1. The first-order chi connectivity index (χ1) is 9.10. The molecule has 0 spiro atoms. The monoisotopic (exact) mass is 406 g/mol. The summed E-state index contributed by atoms with van der Waals surface area (Å²) in [5.41, 5.74) is 0.801. The van der Waals surface area contributed by atoms with Crippen LogP contribution in [-0.4, -0.2) is 9.97 Å². The first-order valence-electron chi connectivity index (χ1n) is 5.76. The van der Waals surface area contributed by atoms with Gasteiger partial charge in [0.15, 0.2) is 0 Å². The highest BCUT2D eigenvalue weighted by Crippen LogP contribution is 2.23. The number of thioether (sulfide) groups is 1. The molecule has 0 fully saturated rings. The molecule has 0 bridgehead atoms. The minimum atomic E-state index is -0.0563. The van der Waals surface area contributed by atoms with Gasteiger partial charge in [-0.1, -0.05) is 18.5 Å². The minimum Gasteiger partial charge on any atom is -0.309 e. The van der Waals surface area contributed by atoms with E-state index in [2.05, 4.69) is 9.97 Å². The third kappa shape index (κ3) is 3.97. The van der Waals surface area contributed by atoms with E-state index in [1.165, 1.54) is 0 Å². The lowest BCUT2D eigenvalue weighted by molar-refractivity contribution is 0.905. The highest BCUT2D eigenvalue weighted by Gasteiger charge is 2.07. The number of rotatable bonds is 4. The van der Waals surface area contributed by atoms with Crippen LogP contribution in [-0.2, 0) is 12.2 Å². The molecule has 1 heterocycles. The summed E-state index contributed by atoms with van der Waals surface area (Å²) >= 11 is 9.50. The van der Waals surface area contributed by atoms with Crippen LogP contribution in [0.1, 0.15) is 18.4 Å². The van der Waals surface area contributed by atoms with Gasteiger partial charge >= 0.3 is 0 Å². The summed E-state index contributed by atoms with van der Waals surface area (Å²) in [6.07, 6.45) is 0.765. The predicted octanol–water partition coefficient (Wildman–Crippen LogP) is 3.88. The Morgan fingerprint density at radius 2 is 2.05 bits per heavy atom. The van der Waals surface area contributed by atoms with Crippen molar-refractivity contribution in [3.63, 3.8) is 0 Å². The molecule has 19 heavy (non-hydrogen) atoms. The molecular weight excluding hydrogens is 395 g/mol. The number of aromatic nitrogens is 2. The second-order valence-electron chi connectivity index (χ2n) is 3.87.